The number of alkyl halides is 3. The fourth-order valence-electron chi connectivity index (χ4n) is 3.89. The highest BCUT2D eigenvalue weighted by Crippen LogP contribution is 2.36. The summed E-state index contributed by atoms with van der Waals surface area (Å²) in [5.41, 5.74) is 0.773. The summed E-state index contributed by atoms with van der Waals surface area (Å²) >= 11 is 0. The number of benzene rings is 1. The number of hydrogen-bond acceptors (Lipinski definition) is 5. The number of rotatable bonds is 5. The Hall–Kier alpha value is -2.88. The van der Waals surface area contributed by atoms with Gasteiger partial charge in [-0.2, -0.15) is 8.78 Å². The van der Waals surface area contributed by atoms with E-state index in [0.29, 0.717) is 36.5 Å². The number of halogens is 4. The molecule has 1 N–H and O–H groups in total. The molecule has 1 saturated heterocycles. The molecule has 30 heavy (non-hydrogen) atoms. The first kappa shape index (κ1) is 20.4. The first-order chi connectivity index (χ1) is 14.3. The standard InChI is InChI=1S/C20H21F4N5O/c1-11-6-14(22)17(16(7-11)30-19(23)24)18-15-4-3-5-29(15)20(27-26-18)25-13-8-12(21)9-28(2)10-13/h3-7,12-13,19H,8-10H2,1-2H3,(H,25,27)/t12-,13-/m1/s1. The quantitative estimate of drug-likeness (QED) is 0.631. The van der Waals surface area contributed by atoms with Crippen molar-refractivity contribution in [3.8, 4) is 17.0 Å². The summed E-state index contributed by atoms with van der Waals surface area (Å²) in [6.45, 7) is -0.526. The summed E-state index contributed by atoms with van der Waals surface area (Å²) in [4.78, 5) is 1.89. The molecule has 0 bridgehead atoms. The molecule has 0 unspecified atom stereocenters. The molecule has 3 heterocycles. The summed E-state index contributed by atoms with van der Waals surface area (Å²) in [5, 5.41) is 11.4. The zero-order chi connectivity index (χ0) is 21.4. The molecule has 0 saturated carbocycles. The summed E-state index contributed by atoms with van der Waals surface area (Å²) < 4.78 is 60.7. The molecule has 6 nitrogen and oxygen atoms in total. The lowest BCUT2D eigenvalue weighted by Crippen LogP contribution is -2.45. The average molecular weight is 423 g/mol. The molecule has 0 aliphatic carbocycles. The first-order valence-corrected chi connectivity index (χ1v) is 9.50. The van der Waals surface area contributed by atoms with Gasteiger partial charge in [0.25, 0.3) is 0 Å². The molecule has 0 radical (unpaired) electrons. The van der Waals surface area contributed by atoms with Gasteiger partial charge in [-0.3, -0.25) is 4.40 Å². The second-order valence-corrected chi connectivity index (χ2v) is 7.53. The van der Waals surface area contributed by atoms with Gasteiger partial charge in [-0.1, -0.05) is 0 Å². The maximum atomic E-state index is 14.8. The van der Waals surface area contributed by atoms with Crippen LogP contribution in [0.3, 0.4) is 0 Å². The topological polar surface area (TPSA) is 54.7 Å². The monoisotopic (exact) mass is 423 g/mol. The van der Waals surface area contributed by atoms with Crippen molar-refractivity contribution in [3.63, 3.8) is 0 Å². The minimum atomic E-state index is -3.11. The lowest BCUT2D eigenvalue weighted by atomic mass is 10.1. The normalized spacial score (nSPS) is 20.1. The average Bonchev–Trinajstić information content (AvgIpc) is 3.11. The van der Waals surface area contributed by atoms with E-state index in [2.05, 4.69) is 20.3 Å². The number of nitrogens with zero attached hydrogens (tertiary/aromatic N) is 4. The number of ether oxygens (including phenoxy) is 1. The third-order valence-electron chi connectivity index (χ3n) is 5.03. The Morgan fingerprint density at radius 3 is 2.77 bits per heavy atom. The van der Waals surface area contributed by atoms with Crippen molar-refractivity contribution in [3.05, 3.63) is 41.8 Å². The number of nitrogens with one attached hydrogen (secondary N) is 1. The molecule has 160 valence electrons. The van der Waals surface area contributed by atoms with Crippen LogP contribution >= 0.6 is 0 Å². The SMILES string of the molecule is Cc1cc(F)c(-c2nnc(N[C@@H]3C[C@@H](F)CN(C)C3)n3cccc23)c(OC(F)F)c1. The molecule has 0 amide bonds. The van der Waals surface area contributed by atoms with Crippen LogP contribution in [0.5, 0.6) is 5.75 Å². The first-order valence-electron chi connectivity index (χ1n) is 9.50. The van der Waals surface area contributed by atoms with Crippen LogP contribution in [-0.4, -0.2) is 58.5 Å². The predicted octanol–water partition coefficient (Wildman–Crippen LogP) is 3.90. The van der Waals surface area contributed by atoms with Crippen molar-refractivity contribution in [1.82, 2.24) is 19.5 Å². The number of likely N-dealkylation sites (N-methyl/N-ethyl adjacent to an activating group) is 1. The van der Waals surface area contributed by atoms with Gasteiger partial charge in [-0.25, -0.2) is 8.78 Å². The molecule has 10 heteroatoms. The van der Waals surface area contributed by atoms with Gasteiger partial charge >= 0.3 is 6.61 Å². The highest BCUT2D eigenvalue weighted by molar-refractivity contribution is 5.82. The fourth-order valence-corrected chi connectivity index (χ4v) is 3.89. The number of anilines is 1. The number of piperidine rings is 1. The number of likely N-dealkylation sites (tertiary alicyclic amines) is 1. The molecular formula is C20H21F4N5O. The second-order valence-electron chi connectivity index (χ2n) is 7.53. The number of fused-ring (bicyclic) bond motifs is 1. The van der Waals surface area contributed by atoms with Gasteiger partial charge in [0.2, 0.25) is 5.95 Å². The summed E-state index contributed by atoms with van der Waals surface area (Å²) in [6.07, 6.45) is 1.06. The maximum Gasteiger partial charge on any atom is 0.387 e. The van der Waals surface area contributed by atoms with Gasteiger partial charge < -0.3 is 15.0 Å². The van der Waals surface area contributed by atoms with E-state index in [1.54, 1.807) is 29.7 Å². The number of hydrogen-bond donors (Lipinski definition) is 1. The molecule has 1 aliphatic heterocycles. The van der Waals surface area contributed by atoms with Crippen LogP contribution in [0, 0.1) is 12.7 Å². The molecule has 1 aliphatic rings. The Labute approximate surface area is 170 Å². The van der Waals surface area contributed by atoms with E-state index in [1.807, 2.05) is 11.9 Å². The van der Waals surface area contributed by atoms with Crippen molar-refractivity contribution in [1.29, 1.82) is 0 Å². The molecule has 4 rings (SSSR count). The zero-order valence-corrected chi connectivity index (χ0v) is 16.4. The summed E-state index contributed by atoms with van der Waals surface area (Å²) in [5.74, 6) is -0.692. The van der Waals surface area contributed by atoms with E-state index in [0.717, 1.165) is 0 Å². The van der Waals surface area contributed by atoms with Crippen molar-refractivity contribution in [2.45, 2.75) is 32.2 Å². The minimum Gasteiger partial charge on any atom is -0.434 e. The lowest BCUT2D eigenvalue weighted by Gasteiger charge is -2.32. The van der Waals surface area contributed by atoms with E-state index < -0.39 is 18.6 Å². The number of aromatic nitrogens is 3. The van der Waals surface area contributed by atoms with Crippen molar-refractivity contribution < 1.29 is 22.3 Å². The zero-order valence-electron chi connectivity index (χ0n) is 16.4. The lowest BCUT2D eigenvalue weighted by molar-refractivity contribution is -0.0496. The van der Waals surface area contributed by atoms with Crippen LogP contribution in [0.1, 0.15) is 12.0 Å². The molecule has 3 aromatic rings. The van der Waals surface area contributed by atoms with E-state index >= 15 is 0 Å². The smallest absolute Gasteiger partial charge is 0.387 e. The Balaban J connectivity index is 1.75. The van der Waals surface area contributed by atoms with Crippen LogP contribution in [0.15, 0.2) is 30.5 Å². The highest BCUT2D eigenvalue weighted by Gasteiger charge is 2.27. The second kappa shape index (κ2) is 8.10. The van der Waals surface area contributed by atoms with Crippen LogP contribution in [-0.2, 0) is 0 Å². The Bertz CT molecular complexity index is 1050. The van der Waals surface area contributed by atoms with E-state index in [4.69, 9.17) is 0 Å². The van der Waals surface area contributed by atoms with Gasteiger partial charge in [-0.05, 0) is 43.8 Å². The van der Waals surface area contributed by atoms with Crippen LogP contribution < -0.4 is 10.1 Å². The van der Waals surface area contributed by atoms with Gasteiger partial charge in [-0.15, -0.1) is 10.2 Å². The maximum absolute atomic E-state index is 14.8. The van der Waals surface area contributed by atoms with E-state index in [9.17, 15) is 17.6 Å². The third-order valence-corrected chi connectivity index (χ3v) is 5.03. The third kappa shape index (κ3) is 4.04. The highest BCUT2D eigenvalue weighted by atomic mass is 19.3. The van der Waals surface area contributed by atoms with Crippen LogP contribution in [0.4, 0.5) is 23.5 Å². The number of aryl methyl sites for hydroxylation is 1. The molecule has 0 spiro atoms. The van der Waals surface area contributed by atoms with E-state index in [-0.39, 0.29) is 23.0 Å². The Kier molecular flexibility index (Phi) is 5.50. The largest absolute Gasteiger partial charge is 0.434 e. The summed E-state index contributed by atoms with van der Waals surface area (Å²) in [7, 11) is 1.84. The van der Waals surface area contributed by atoms with Gasteiger partial charge in [0.05, 0.1) is 11.1 Å². The Morgan fingerprint density at radius 1 is 1.23 bits per heavy atom. The fraction of sp³-hybridized carbons (Fsp3) is 0.400. The Morgan fingerprint density at radius 2 is 2.03 bits per heavy atom. The molecule has 2 aromatic heterocycles. The van der Waals surface area contributed by atoms with E-state index in [1.165, 1.54) is 12.1 Å². The predicted molar refractivity (Wildman–Crippen MR) is 104 cm³/mol. The van der Waals surface area contributed by atoms with Crippen molar-refractivity contribution in [2.75, 3.05) is 25.5 Å². The van der Waals surface area contributed by atoms with Crippen LogP contribution in [0.25, 0.3) is 16.8 Å². The van der Waals surface area contributed by atoms with Crippen molar-refractivity contribution >= 4 is 11.5 Å². The van der Waals surface area contributed by atoms with Gasteiger partial charge in [0, 0.05) is 31.7 Å². The minimum absolute atomic E-state index is 0.0721. The molecule has 1 aromatic carbocycles. The molecular weight excluding hydrogens is 402 g/mol. The van der Waals surface area contributed by atoms with Crippen molar-refractivity contribution in [2.24, 2.45) is 0 Å². The van der Waals surface area contributed by atoms with Gasteiger partial charge in [0.1, 0.15) is 23.4 Å². The van der Waals surface area contributed by atoms with Crippen LogP contribution in [0.2, 0.25) is 0 Å². The van der Waals surface area contributed by atoms with Gasteiger partial charge in [0.15, 0.2) is 0 Å². The summed E-state index contributed by atoms with van der Waals surface area (Å²) in [6, 6.07) is 5.75. The molecule has 2 atom stereocenters. The molecule has 1 fully saturated rings.